The fourth-order valence-electron chi connectivity index (χ4n) is 2.94. The molecule has 1 unspecified atom stereocenters. The van der Waals surface area contributed by atoms with Crippen molar-refractivity contribution in [2.24, 2.45) is 5.92 Å². The monoisotopic (exact) mass is 423 g/mol. The van der Waals surface area contributed by atoms with E-state index in [1.54, 1.807) is 0 Å². The predicted octanol–water partition coefficient (Wildman–Crippen LogP) is -0.569. The van der Waals surface area contributed by atoms with Crippen LogP contribution in [-0.2, 0) is 28.3 Å². The van der Waals surface area contributed by atoms with Crippen molar-refractivity contribution in [1.29, 1.82) is 0 Å². The van der Waals surface area contributed by atoms with Crippen molar-refractivity contribution in [2.75, 3.05) is 0 Å². The zero-order chi connectivity index (χ0) is 16.8. The second kappa shape index (κ2) is 13.4. The molecule has 0 fully saturated rings. The van der Waals surface area contributed by atoms with Crippen LogP contribution in [0.25, 0.3) is 5.57 Å². The Morgan fingerprint density at radius 3 is 1.85 bits per heavy atom. The molecule has 0 aliphatic heterocycles. The van der Waals surface area contributed by atoms with Crippen molar-refractivity contribution in [3.05, 3.63) is 88.5 Å². The van der Waals surface area contributed by atoms with Crippen LogP contribution in [0.3, 0.4) is 0 Å². The Bertz CT molecular complexity index is 709. The van der Waals surface area contributed by atoms with E-state index in [0.717, 1.165) is 5.56 Å². The first-order valence-electron chi connectivity index (χ1n) is 8.06. The molecule has 0 bridgehead atoms. The number of hydrogen-bond acceptors (Lipinski definition) is 1. The van der Waals surface area contributed by atoms with Gasteiger partial charge in [-0.15, -0.1) is 41.5 Å². The summed E-state index contributed by atoms with van der Waals surface area (Å²) in [6.45, 7) is 9.10. The summed E-state index contributed by atoms with van der Waals surface area (Å²) < 4.78 is 0. The minimum Gasteiger partial charge on any atom is -1.00 e. The van der Waals surface area contributed by atoms with E-state index >= 15 is 0 Å². The minimum absolute atomic E-state index is 0. The van der Waals surface area contributed by atoms with Gasteiger partial charge in [-0.2, -0.15) is 0 Å². The molecule has 1 nitrogen and oxygen atoms in total. The van der Waals surface area contributed by atoms with Crippen molar-refractivity contribution >= 4 is 5.57 Å². The number of benzene rings is 2. The summed E-state index contributed by atoms with van der Waals surface area (Å²) in [7, 11) is 0. The average molecular weight is 424 g/mol. The smallest absolute Gasteiger partial charge is 1.00 e. The van der Waals surface area contributed by atoms with Crippen LogP contribution in [0, 0.1) is 12.0 Å². The maximum absolute atomic E-state index is 8.54. The number of aliphatic hydroxyl groups excluding tert-OH is 1. The van der Waals surface area contributed by atoms with Gasteiger partial charge < -0.3 is 29.9 Å². The Kier molecular flexibility index (Phi) is 14.1. The third-order valence-electron chi connectivity index (χ3n) is 4.67. The second-order valence-electron chi connectivity index (χ2n) is 5.99. The van der Waals surface area contributed by atoms with Gasteiger partial charge in [0.15, 0.2) is 0 Å². The Morgan fingerprint density at radius 2 is 1.46 bits per heavy atom. The van der Waals surface area contributed by atoms with E-state index in [1.807, 2.05) is 42.5 Å². The predicted molar refractivity (Wildman–Crippen MR) is 97.8 cm³/mol. The number of aliphatic hydroxyl groups is 1. The van der Waals surface area contributed by atoms with E-state index in [9.17, 15) is 0 Å². The van der Waals surface area contributed by atoms with Crippen molar-refractivity contribution in [1.82, 2.24) is 0 Å². The molecule has 1 aliphatic carbocycles. The van der Waals surface area contributed by atoms with Crippen LogP contribution < -0.4 is 24.8 Å². The first-order valence-corrected chi connectivity index (χ1v) is 8.06. The molecule has 26 heavy (non-hydrogen) atoms. The Morgan fingerprint density at radius 1 is 0.885 bits per heavy atom. The van der Waals surface area contributed by atoms with Gasteiger partial charge in [0.05, 0.1) is 6.61 Å². The van der Waals surface area contributed by atoms with Gasteiger partial charge in [-0.05, 0) is 32.3 Å². The van der Waals surface area contributed by atoms with Crippen LogP contribution in [-0.4, -0.2) is 5.11 Å². The molecule has 137 valence electrons. The summed E-state index contributed by atoms with van der Waals surface area (Å²) in [5.74, 6) is 0.545. The molecule has 1 radical (unpaired) electrons. The Hall–Kier alpha value is -0.826. The largest absolute Gasteiger partial charge is 3.00 e. The van der Waals surface area contributed by atoms with Gasteiger partial charge in [0.2, 0.25) is 0 Å². The average Bonchev–Trinajstić information content (AvgIpc) is 2.80. The summed E-state index contributed by atoms with van der Waals surface area (Å²) in [4.78, 5) is 0. The molecule has 1 aliphatic rings. The van der Waals surface area contributed by atoms with E-state index in [2.05, 4.69) is 45.9 Å². The third-order valence-corrected chi connectivity index (χ3v) is 4.67. The molecule has 1 atom stereocenters. The fourth-order valence-corrected chi connectivity index (χ4v) is 2.94. The van der Waals surface area contributed by atoms with Gasteiger partial charge in [0.1, 0.15) is 0 Å². The molecule has 0 saturated heterocycles. The van der Waals surface area contributed by atoms with E-state index in [4.69, 9.17) is 5.11 Å². The molecule has 0 aromatic heterocycles. The molecule has 0 saturated carbocycles. The van der Waals surface area contributed by atoms with Gasteiger partial charge >= 0.3 is 21.7 Å². The number of hydrogen-bond donors (Lipinski definition) is 1. The number of rotatable bonds is 2. The van der Waals surface area contributed by atoms with Crippen LogP contribution in [0.2, 0.25) is 0 Å². The molecule has 4 heteroatoms. The maximum atomic E-state index is 8.54. The van der Waals surface area contributed by atoms with Crippen LogP contribution in [0.15, 0.2) is 71.3 Å². The molecule has 0 amide bonds. The first-order chi connectivity index (χ1) is 11.1. The molecule has 2 aromatic carbocycles. The van der Waals surface area contributed by atoms with Crippen LogP contribution in [0.1, 0.15) is 38.8 Å². The van der Waals surface area contributed by atoms with Gasteiger partial charge in [-0.3, -0.25) is 0 Å². The van der Waals surface area contributed by atoms with Gasteiger partial charge in [0, 0.05) is 0 Å². The topological polar surface area (TPSA) is 20.2 Å². The summed E-state index contributed by atoms with van der Waals surface area (Å²) in [5, 5.41) is 8.54. The summed E-state index contributed by atoms with van der Waals surface area (Å²) in [6.07, 6.45) is 0. The number of allylic oxidation sites excluding steroid dienone is 4. The summed E-state index contributed by atoms with van der Waals surface area (Å²) >= 11 is 0. The van der Waals surface area contributed by atoms with Crippen molar-refractivity contribution < 1.29 is 51.6 Å². The van der Waals surface area contributed by atoms with Gasteiger partial charge in [-0.25, -0.2) is 0 Å². The van der Waals surface area contributed by atoms with Crippen molar-refractivity contribution in [2.45, 2.75) is 34.3 Å². The molecule has 1 N–H and O–H groups in total. The first kappa shape index (κ1) is 27.4. The summed E-state index contributed by atoms with van der Waals surface area (Å²) in [5.41, 5.74) is 8.05. The maximum Gasteiger partial charge on any atom is 3.00 e. The van der Waals surface area contributed by atoms with E-state index < -0.39 is 0 Å². The van der Waals surface area contributed by atoms with E-state index in [-0.39, 0.29) is 53.1 Å². The van der Waals surface area contributed by atoms with Crippen LogP contribution in [0.4, 0.5) is 0 Å². The van der Waals surface area contributed by atoms with Crippen LogP contribution >= 0.6 is 0 Å². The van der Waals surface area contributed by atoms with Gasteiger partial charge in [0.25, 0.3) is 0 Å². The standard InChI is InChI=1S/C15H17.C7H8O.2ClH.Ti/c1-10-11(2)13(4)15(12(10)3)14-8-6-5-7-9-14;8-6-7-4-2-1-3-5-7;;;/h5-8,12H,1-4H3;1-5,8H,6H2;2*1H;/q-1;;;;+3/p-2. The molecular formula is C22H25Cl2OTi. The van der Waals surface area contributed by atoms with Crippen LogP contribution in [0.5, 0.6) is 0 Å². The third kappa shape index (κ3) is 6.72. The quantitative estimate of drug-likeness (QED) is 0.506. The SMILES string of the molecule is CC1=C(C)C(C)C(c2[c-]cccc2)=C1C.OCc1ccccc1.[Cl-].[Cl-].[Ti+3]. The minimum atomic E-state index is 0. The molecule has 0 heterocycles. The fraction of sp³-hybridized carbons (Fsp3) is 0.273. The molecular weight excluding hydrogens is 399 g/mol. The Labute approximate surface area is 185 Å². The van der Waals surface area contributed by atoms with Crippen molar-refractivity contribution in [3.63, 3.8) is 0 Å². The van der Waals surface area contributed by atoms with Crippen molar-refractivity contribution in [3.8, 4) is 0 Å². The summed E-state index contributed by atoms with van der Waals surface area (Å²) in [6, 6.07) is 21.1. The van der Waals surface area contributed by atoms with E-state index in [1.165, 1.54) is 27.9 Å². The molecule has 3 rings (SSSR count). The normalized spacial score (nSPS) is 15.2. The second-order valence-corrected chi connectivity index (χ2v) is 5.99. The van der Waals surface area contributed by atoms with Gasteiger partial charge in [-0.1, -0.05) is 54.0 Å². The van der Waals surface area contributed by atoms with E-state index in [0.29, 0.717) is 5.92 Å². The zero-order valence-corrected chi connectivity index (χ0v) is 18.8. The molecule has 2 aromatic rings. The zero-order valence-electron chi connectivity index (χ0n) is 15.7. The number of halogens is 2. The Balaban J connectivity index is 0. The molecule has 0 spiro atoms.